The number of ketones is 1. The topological polar surface area (TPSA) is 109 Å². The molecule has 1 aromatic carbocycles. The number of piperidine rings is 1. The number of amides is 2. The first-order valence-electron chi connectivity index (χ1n) is 11.3. The van der Waals surface area contributed by atoms with E-state index in [4.69, 9.17) is 9.47 Å². The maximum absolute atomic E-state index is 12.7. The number of carbonyl (C=O) groups is 3. The van der Waals surface area contributed by atoms with Crippen LogP contribution in [0.5, 0.6) is 5.75 Å². The molecule has 2 amide bonds. The first-order valence-corrected chi connectivity index (χ1v) is 11.3. The third-order valence-corrected chi connectivity index (χ3v) is 6.63. The third-order valence-electron chi connectivity index (χ3n) is 6.63. The van der Waals surface area contributed by atoms with Gasteiger partial charge in [-0.05, 0) is 56.6 Å². The van der Waals surface area contributed by atoms with Gasteiger partial charge in [0.05, 0.1) is 38.9 Å². The molecular formula is C23H32N4O5. The lowest BCUT2D eigenvalue weighted by Crippen LogP contribution is -2.66. The second kappa shape index (κ2) is 10.4. The van der Waals surface area contributed by atoms with Crippen LogP contribution in [0.2, 0.25) is 0 Å². The van der Waals surface area contributed by atoms with Gasteiger partial charge in [0.25, 0.3) is 0 Å². The van der Waals surface area contributed by atoms with Crippen molar-refractivity contribution in [2.45, 2.75) is 31.5 Å². The molecule has 3 aliphatic rings. The van der Waals surface area contributed by atoms with Gasteiger partial charge in [0, 0.05) is 24.1 Å². The van der Waals surface area contributed by atoms with Crippen LogP contribution in [0, 0.1) is 11.8 Å². The zero-order valence-corrected chi connectivity index (χ0v) is 18.5. The Labute approximate surface area is 188 Å². The standard InChI is InChI=1S/C23H32N4O5/c1-31-17-4-2-15(3-5-17)22(29)16-6-9-27(10-7-16)13-21(28)24-12-20-25-19-8-11-32-14-18(19)23(30)26-20/h2-5,16,18-20,25H,6-14H2,1H3,(H,24,28)(H,26,30). The van der Waals surface area contributed by atoms with Crippen molar-refractivity contribution in [3.8, 4) is 5.75 Å². The van der Waals surface area contributed by atoms with E-state index in [1.54, 1.807) is 19.2 Å². The van der Waals surface area contributed by atoms with Crippen LogP contribution in [0.1, 0.15) is 29.6 Å². The number of methoxy groups -OCH3 is 1. The summed E-state index contributed by atoms with van der Waals surface area (Å²) in [5, 5.41) is 9.23. The predicted molar refractivity (Wildman–Crippen MR) is 117 cm³/mol. The highest BCUT2D eigenvalue weighted by atomic mass is 16.5. The normalized spacial score (nSPS) is 26.7. The molecule has 9 nitrogen and oxygen atoms in total. The van der Waals surface area contributed by atoms with Crippen molar-refractivity contribution in [1.82, 2.24) is 20.9 Å². The fraction of sp³-hybridized carbons (Fsp3) is 0.609. The number of likely N-dealkylation sites (tertiary alicyclic amines) is 1. The van der Waals surface area contributed by atoms with Gasteiger partial charge in [-0.2, -0.15) is 0 Å². The summed E-state index contributed by atoms with van der Waals surface area (Å²) in [6.07, 6.45) is 2.01. The lowest BCUT2D eigenvalue weighted by molar-refractivity contribution is -0.135. The van der Waals surface area contributed by atoms with Crippen LogP contribution in [0.15, 0.2) is 24.3 Å². The number of nitrogens with one attached hydrogen (secondary N) is 3. The minimum absolute atomic E-state index is 0.0169. The maximum atomic E-state index is 12.7. The molecule has 4 rings (SSSR count). The summed E-state index contributed by atoms with van der Waals surface area (Å²) in [7, 11) is 1.60. The van der Waals surface area contributed by atoms with Crippen LogP contribution in [-0.4, -0.2) is 81.2 Å². The zero-order chi connectivity index (χ0) is 22.5. The van der Waals surface area contributed by atoms with Crippen LogP contribution in [0.3, 0.4) is 0 Å². The molecule has 1 aromatic rings. The number of rotatable bonds is 7. The first-order chi connectivity index (χ1) is 15.5. The summed E-state index contributed by atoms with van der Waals surface area (Å²) in [5.74, 6) is 0.626. The SMILES string of the molecule is COc1ccc(C(=O)C2CCN(CC(=O)NCC3NC(=O)C4COCCC4N3)CC2)cc1. The van der Waals surface area contributed by atoms with E-state index < -0.39 is 0 Å². The summed E-state index contributed by atoms with van der Waals surface area (Å²) in [5.41, 5.74) is 0.704. The molecule has 0 spiro atoms. The average molecular weight is 445 g/mol. The minimum atomic E-state index is -0.265. The number of carbonyl (C=O) groups excluding carboxylic acids is 3. The van der Waals surface area contributed by atoms with E-state index >= 15 is 0 Å². The molecule has 3 atom stereocenters. The number of benzene rings is 1. The van der Waals surface area contributed by atoms with Gasteiger partial charge in [0.15, 0.2) is 5.78 Å². The molecule has 3 unspecified atom stereocenters. The largest absolute Gasteiger partial charge is 0.497 e. The highest BCUT2D eigenvalue weighted by molar-refractivity contribution is 5.98. The van der Waals surface area contributed by atoms with Crippen molar-refractivity contribution in [3.05, 3.63) is 29.8 Å². The zero-order valence-electron chi connectivity index (χ0n) is 18.5. The van der Waals surface area contributed by atoms with Gasteiger partial charge in [-0.3, -0.25) is 24.6 Å². The molecule has 0 radical (unpaired) electrons. The van der Waals surface area contributed by atoms with Crippen LogP contribution >= 0.6 is 0 Å². The van der Waals surface area contributed by atoms with Crippen molar-refractivity contribution >= 4 is 17.6 Å². The van der Waals surface area contributed by atoms with Gasteiger partial charge in [0.2, 0.25) is 11.8 Å². The number of nitrogens with zero attached hydrogens (tertiary/aromatic N) is 1. The Bertz CT molecular complexity index is 822. The van der Waals surface area contributed by atoms with E-state index in [0.717, 1.165) is 25.0 Å². The van der Waals surface area contributed by atoms with Gasteiger partial charge in [-0.15, -0.1) is 0 Å². The fourth-order valence-electron chi connectivity index (χ4n) is 4.70. The van der Waals surface area contributed by atoms with E-state index in [2.05, 4.69) is 20.9 Å². The summed E-state index contributed by atoms with van der Waals surface area (Å²) >= 11 is 0. The van der Waals surface area contributed by atoms with Gasteiger partial charge < -0.3 is 20.1 Å². The molecule has 3 saturated heterocycles. The highest BCUT2D eigenvalue weighted by Gasteiger charge is 2.38. The Hall–Kier alpha value is -2.49. The lowest BCUT2D eigenvalue weighted by Gasteiger charge is -2.40. The Morgan fingerprint density at radius 3 is 2.66 bits per heavy atom. The molecule has 3 N–H and O–H groups in total. The summed E-state index contributed by atoms with van der Waals surface area (Å²) < 4.78 is 10.5. The van der Waals surface area contributed by atoms with Gasteiger partial charge in [0.1, 0.15) is 5.75 Å². The van der Waals surface area contributed by atoms with Crippen molar-refractivity contribution in [1.29, 1.82) is 0 Å². The van der Waals surface area contributed by atoms with Gasteiger partial charge in [-0.25, -0.2) is 0 Å². The van der Waals surface area contributed by atoms with E-state index in [9.17, 15) is 14.4 Å². The van der Waals surface area contributed by atoms with Crippen LogP contribution < -0.4 is 20.7 Å². The van der Waals surface area contributed by atoms with E-state index in [-0.39, 0.29) is 41.6 Å². The summed E-state index contributed by atoms with van der Waals surface area (Å²) in [6, 6.07) is 7.32. The Morgan fingerprint density at radius 2 is 1.94 bits per heavy atom. The van der Waals surface area contributed by atoms with E-state index in [1.165, 1.54) is 0 Å². The summed E-state index contributed by atoms with van der Waals surface area (Å²) in [4.78, 5) is 39.5. The molecule has 0 aromatic heterocycles. The Balaban J connectivity index is 1.17. The van der Waals surface area contributed by atoms with Crippen LogP contribution in [0.4, 0.5) is 0 Å². The van der Waals surface area contributed by atoms with Crippen LogP contribution in [-0.2, 0) is 14.3 Å². The lowest BCUT2D eigenvalue weighted by atomic mass is 9.89. The number of hydrogen-bond acceptors (Lipinski definition) is 7. The van der Waals surface area contributed by atoms with Crippen molar-refractivity contribution in [2.24, 2.45) is 11.8 Å². The molecule has 3 fully saturated rings. The van der Waals surface area contributed by atoms with Crippen molar-refractivity contribution in [2.75, 3.05) is 46.5 Å². The fourth-order valence-corrected chi connectivity index (χ4v) is 4.70. The molecule has 3 heterocycles. The molecule has 0 saturated carbocycles. The molecule has 32 heavy (non-hydrogen) atoms. The number of hydrogen-bond donors (Lipinski definition) is 3. The molecule has 174 valence electrons. The number of ether oxygens (including phenoxy) is 2. The van der Waals surface area contributed by atoms with Gasteiger partial charge in [-0.1, -0.05) is 0 Å². The van der Waals surface area contributed by atoms with E-state index in [0.29, 0.717) is 45.0 Å². The quantitative estimate of drug-likeness (QED) is 0.514. The number of Topliss-reactive ketones (excluding diaryl/α,β-unsaturated/α-hetero) is 1. The Morgan fingerprint density at radius 1 is 1.19 bits per heavy atom. The third kappa shape index (κ3) is 5.46. The second-order valence-electron chi connectivity index (χ2n) is 8.75. The monoisotopic (exact) mass is 444 g/mol. The maximum Gasteiger partial charge on any atom is 0.234 e. The molecule has 0 aliphatic carbocycles. The molecular weight excluding hydrogens is 412 g/mol. The number of fused-ring (bicyclic) bond motifs is 1. The van der Waals surface area contributed by atoms with Crippen molar-refractivity contribution < 1.29 is 23.9 Å². The molecule has 0 bridgehead atoms. The second-order valence-corrected chi connectivity index (χ2v) is 8.75. The highest BCUT2D eigenvalue weighted by Crippen LogP contribution is 2.23. The minimum Gasteiger partial charge on any atom is -0.497 e. The van der Waals surface area contributed by atoms with Crippen LogP contribution in [0.25, 0.3) is 0 Å². The summed E-state index contributed by atoms with van der Waals surface area (Å²) in [6.45, 7) is 3.16. The van der Waals surface area contributed by atoms with Gasteiger partial charge >= 0.3 is 0 Å². The smallest absolute Gasteiger partial charge is 0.234 e. The molecule has 3 aliphatic heterocycles. The predicted octanol–water partition coefficient (Wildman–Crippen LogP) is 0.157. The Kier molecular flexibility index (Phi) is 7.39. The van der Waals surface area contributed by atoms with Crippen molar-refractivity contribution in [3.63, 3.8) is 0 Å². The van der Waals surface area contributed by atoms with E-state index in [1.807, 2.05) is 12.1 Å². The molecule has 9 heteroatoms. The first kappa shape index (κ1) is 22.7. The average Bonchev–Trinajstić information content (AvgIpc) is 2.83.